The van der Waals surface area contributed by atoms with Crippen molar-refractivity contribution in [1.82, 2.24) is 0 Å². The maximum absolute atomic E-state index is 14.7. The average Bonchev–Trinajstić information content (AvgIpc) is 3.83. The van der Waals surface area contributed by atoms with E-state index >= 15 is 0 Å². The van der Waals surface area contributed by atoms with Gasteiger partial charge in [0.25, 0.3) is 17.7 Å². The van der Waals surface area contributed by atoms with E-state index in [1.165, 1.54) is 30.2 Å². The first-order chi connectivity index (χ1) is 29.4. The van der Waals surface area contributed by atoms with Crippen LogP contribution < -0.4 is 19.3 Å². The molecule has 0 aromatic heterocycles. The van der Waals surface area contributed by atoms with E-state index in [-0.39, 0.29) is 57.5 Å². The number of terminal acetylenes is 1. The van der Waals surface area contributed by atoms with Gasteiger partial charge >= 0.3 is 11.9 Å². The fraction of sp³-hybridized carbons (Fsp3) is 0.244. The van der Waals surface area contributed by atoms with Crippen LogP contribution in [0.25, 0.3) is 0 Å². The van der Waals surface area contributed by atoms with Crippen LogP contribution in [-0.2, 0) is 34.4 Å². The Morgan fingerprint density at radius 2 is 1.51 bits per heavy atom. The maximum atomic E-state index is 14.7. The lowest BCUT2D eigenvalue weighted by atomic mass is 9.82. The number of hydrogen-bond acceptors (Lipinski definition) is 10. The fourth-order valence-corrected chi connectivity index (χ4v) is 7.65. The summed E-state index contributed by atoms with van der Waals surface area (Å²) >= 11 is 11.4. The molecule has 314 valence electrons. The lowest BCUT2D eigenvalue weighted by Gasteiger charge is -2.29. The summed E-state index contributed by atoms with van der Waals surface area (Å²) in [4.78, 5) is 68.0. The van der Waals surface area contributed by atoms with E-state index < -0.39 is 35.2 Å². The van der Waals surface area contributed by atoms with Gasteiger partial charge in [0, 0.05) is 28.3 Å². The van der Waals surface area contributed by atoms with Crippen molar-refractivity contribution >= 4 is 69.9 Å². The first-order valence-electron chi connectivity index (χ1n) is 19.0. The van der Waals surface area contributed by atoms with Crippen LogP contribution >= 0.6 is 23.2 Å². The number of hydrogen-bond donors (Lipinski definition) is 1. The first-order valence-corrected chi connectivity index (χ1v) is 19.7. The van der Waals surface area contributed by atoms with Gasteiger partial charge in [-0.15, -0.1) is 6.42 Å². The number of carbonyl (C=O) groups excluding carboxylic acids is 4. The Morgan fingerprint density at radius 1 is 0.918 bits per heavy atom. The molecule has 16 heteroatoms. The van der Waals surface area contributed by atoms with E-state index in [1.807, 2.05) is 60.7 Å². The van der Waals surface area contributed by atoms with E-state index in [2.05, 4.69) is 11.1 Å². The number of esters is 1. The number of aromatic carboxylic acids is 1. The van der Waals surface area contributed by atoms with Crippen molar-refractivity contribution in [1.29, 1.82) is 0 Å². The number of nitrogens with zero attached hydrogens (tertiary/aromatic N) is 3. The number of oxime groups is 1. The molecular weight excluding hydrogens is 832 g/mol. The molecule has 61 heavy (non-hydrogen) atoms. The number of benzene rings is 4. The van der Waals surface area contributed by atoms with Crippen LogP contribution in [0.4, 0.5) is 15.8 Å². The van der Waals surface area contributed by atoms with Crippen LogP contribution in [0.2, 0.25) is 10.0 Å². The minimum absolute atomic E-state index is 0.0170. The highest BCUT2D eigenvalue weighted by molar-refractivity contribution is 6.37. The van der Waals surface area contributed by atoms with Crippen LogP contribution in [0.3, 0.4) is 0 Å². The van der Waals surface area contributed by atoms with Crippen molar-refractivity contribution in [3.8, 4) is 23.8 Å². The van der Waals surface area contributed by atoms with Gasteiger partial charge in [-0.1, -0.05) is 94.9 Å². The Bertz CT molecular complexity index is 2420. The predicted octanol–water partition coefficient (Wildman–Crippen LogP) is 7.90. The number of carboxylic acid groups (broad SMARTS) is 1. The molecule has 0 saturated carbocycles. The Morgan fingerprint density at radius 3 is 2.03 bits per heavy atom. The summed E-state index contributed by atoms with van der Waals surface area (Å²) in [5.41, 5.74) is 2.34. The predicted molar refractivity (Wildman–Crippen MR) is 224 cm³/mol. The van der Waals surface area contributed by atoms with Gasteiger partial charge in [-0.25, -0.2) is 18.9 Å². The standard InChI is InChI=1S/C19H15FN2O4.C18H17NO3.C8H6Cl2O3/c1-2-7-21-15-9-14(13(20)8-16(15)26-10-17(21)23)22-18(24)11-5-3-4-6-12(11)19(22)25;1-2-21-17(20)16-13-18(22-19-16,14-9-5-3-6-10-14)15-11-7-4-8-12-15;1-13-7-5(10)3-2-4(9)6(7)8(11)12/h1,8-9H,3-7,10H2;3-12H,2,13H2,1H3;2-3H,1H3,(H,11,12). The second-order valence-corrected chi connectivity index (χ2v) is 14.5. The summed E-state index contributed by atoms with van der Waals surface area (Å²) < 4.78 is 29.8. The smallest absolute Gasteiger partial charge is 0.356 e. The molecule has 1 aliphatic carbocycles. The second-order valence-electron chi connectivity index (χ2n) is 13.7. The molecule has 0 unspecified atom stereocenters. The second kappa shape index (κ2) is 19.1. The van der Waals surface area contributed by atoms with Crippen molar-refractivity contribution in [2.45, 2.75) is 44.6 Å². The third kappa shape index (κ3) is 8.94. The van der Waals surface area contributed by atoms with Crippen molar-refractivity contribution in [2.24, 2.45) is 5.16 Å². The average molecular weight is 871 g/mol. The lowest BCUT2D eigenvalue weighted by molar-refractivity contribution is -0.135. The Balaban J connectivity index is 0.000000162. The highest BCUT2D eigenvalue weighted by Gasteiger charge is 2.45. The van der Waals surface area contributed by atoms with Gasteiger partial charge in [0.2, 0.25) is 0 Å². The van der Waals surface area contributed by atoms with Gasteiger partial charge in [-0.05, 0) is 50.8 Å². The number of amides is 3. The molecule has 3 aliphatic heterocycles. The molecule has 4 aromatic carbocycles. The van der Waals surface area contributed by atoms with Gasteiger partial charge in [-0.2, -0.15) is 0 Å². The molecule has 0 saturated heterocycles. The number of methoxy groups -OCH3 is 1. The van der Waals surface area contributed by atoms with Crippen LogP contribution in [0.15, 0.2) is 101 Å². The normalized spacial score (nSPS) is 16.0. The first kappa shape index (κ1) is 43.9. The Labute approximate surface area is 360 Å². The zero-order valence-corrected chi connectivity index (χ0v) is 34.4. The fourth-order valence-electron chi connectivity index (χ4n) is 7.19. The number of halogens is 3. The molecular formula is C45H38Cl2FN3O10. The van der Waals surface area contributed by atoms with Gasteiger partial charge < -0.3 is 24.2 Å². The number of carboxylic acids is 1. The summed E-state index contributed by atoms with van der Waals surface area (Å²) in [6.07, 6.45) is 8.37. The van der Waals surface area contributed by atoms with Crippen molar-refractivity contribution in [2.75, 3.05) is 36.7 Å². The molecule has 0 atom stereocenters. The minimum Gasteiger partial charge on any atom is -0.494 e. The van der Waals surface area contributed by atoms with Crippen LogP contribution in [0.5, 0.6) is 11.5 Å². The number of fused-ring (bicyclic) bond motifs is 1. The van der Waals surface area contributed by atoms with Crippen LogP contribution in [-0.4, -0.2) is 67.3 Å². The molecule has 3 amide bonds. The van der Waals surface area contributed by atoms with E-state index in [9.17, 15) is 28.4 Å². The summed E-state index contributed by atoms with van der Waals surface area (Å²) in [5, 5.41) is 13.1. The Kier molecular flexibility index (Phi) is 13.8. The molecule has 0 radical (unpaired) electrons. The molecule has 0 fully saturated rings. The maximum Gasteiger partial charge on any atom is 0.356 e. The zero-order chi connectivity index (χ0) is 43.8. The monoisotopic (exact) mass is 869 g/mol. The van der Waals surface area contributed by atoms with Crippen LogP contribution in [0.1, 0.15) is 60.5 Å². The van der Waals surface area contributed by atoms with Gasteiger partial charge in [0.1, 0.15) is 11.3 Å². The van der Waals surface area contributed by atoms with Gasteiger partial charge in [-0.3, -0.25) is 19.3 Å². The number of imide groups is 1. The number of rotatable bonds is 8. The highest BCUT2D eigenvalue weighted by Crippen LogP contribution is 2.43. The summed E-state index contributed by atoms with van der Waals surface area (Å²) in [7, 11) is 1.34. The third-order valence-corrected chi connectivity index (χ3v) is 10.7. The number of ether oxygens (including phenoxy) is 3. The van der Waals surface area contributed by atoms with E-state index in [1.54, 1.807) is 6.92 Å². The molecule has 1 N–H and O–H groups in total. The summed E-state index contributed by atoms with van der Waals surface area (Å²) in [6, 6.07) is 24.9. The van der Waals surface area contributed by atoms with Crippen LogP contribution in [0, 0.1) is 18.2 Å². The summed E-state index contributed by atoms with van der Waals surface area (Å²) in [5.74, 6) is -1.09. The minimum atomic E-state index is -1.16. The molecule has 3 heterocycles. The van der Waals surface area contributed by atoms with E-state index in [0.717, 1.165) is 34.9 Å². The molecule has 4 aliphatic rings. The molecule has 4 aromatic rings. The summed E-state index contributed by atoms with van der Waals surface area (Å²) in [6.45, 7) is 1.83. The lowest BCUT2D eigenvalue weighted by Crippen LogP contribution is -2.39. The zero-order valence-electron chi connectivity index (χ0n) is 32.9. The molecule has 8 rings (SSSR count). The van der Waals surface area contributed by atoms with Crippen molar-refractivity contribution in [3.05, 3.63) is 129 Å². The molecule has 13 nitrogen and oxygen atoms in total. The van der Waals surface area contributed by atoms with Gasteiger partial charge in [0.05, 0.1) is 48.1 Å². The van der Waals surface area contributed by atoms with Gasteiger partial charge in [0.15, 0.2) is 29.5 Å². The molecule has 0 spiro atoms. The number of anilines is 2. The topological polar surface area (TPSA) is 161 Å². The largest absolute Gasteiger partial charge is 0.494 e. The third-order valence-electron chi connectivity index (χ3n) is 10.0. The van der Waals surface area contributed by atoms with E-state index in [0.29, 0.717) is 42.7 Å². The number of carbonyl (C=O) groups is 5. The van der Waals surface area contributed by atoms with Crippen molar-refractivity contribution in [3.63, 3.8) is 0 Å². The SMILES string of the molecule is C#CCN1C(=O)COc2cc(F)c(N3C(=O)C4=C(CCCC4)C3=O)cc21.CCOC(=O)C1=NOC(c2ccccc2)(c2ccccc2)C1.COc1c(Cl)ccc(Cl)c1C(=O)O. The molecule has 0 bridgehead atoms. The highest BCUT2D eigenvalue weighted by atomic mass is 35.5. The quantitative estimate of drug-likeness (QED) is 0.105. The Hall–Kier alpha value is -6.69. The van der Waals surface area contributed by atoms with E-state index in [4.69, 9.17) is 53.8 Å². The van der Waals surface area contributed by atoms with Crippen molar-refractivity contribution < 1.29 is 52.5 Å².